The summed E-state index contributed by atoms with van der Waals surface area (Å²) in [7, 11) is -4.51. The molecule has 0 spiro atoms. The smallest absolute Gasteiger partial charge is 0.244 e. The van der Waals surface area contributed by atoms with E-state index in [-0.39, 0.29) is 54.5 Å². The highest BCUT2D eigenvalue weighted by molar-refractivity contribution is 9.10. The van der Waals surface area contributed by atoms with Gasteiger partial charge in [-0.3, -0.25) is 43.5 Å². The molecule has 6 fully saturated rings. The van der Waals surface area contributed by atoms with E-state index in [4.69, 9.17) is 72.2 Å². The van der Waals surface area contributed by atoms with Crippen LogP contribution in [0.5, 0.6) is 0 Å². The number of morpholine rings is 3. The summed E-state index contributed by atoms with van der Waals surface area (Å²) in [5, 5.41) is 14.6. The lowest BCUT2D eigenvalue weighted by molar-refractivity contribution is -0.130. The molecule has 9 aromatic carbocycles. The van der Waals surface area contributed by atoms with Crippen LogP contribution in [0, 0.1) is 13.8 Å². The molecule has 6 saturated heterocycles. The molecule has 33 heteroatoms. The molecule has 2 unspecified atom stereocenters. The molecule has 6 atom stereocenters. The van der Waals surface area contributed by atoms with Gasteiger partial charge in [-0.1, -0.05) is 180 Å². The number of nitrogens with one attached hydrogen (secondary N) is 6. The first-order valence-corrected chi connectivity index (χ1v) is 51.5. The number of sulfone groups is 1. The molecule has 3 aromatic heterocycles. The first-order chi connectivity index (χ1) is 64.7. The van der Waals surface area contributed by atoms with E-state index in [1.807, 2.05) is 145 Å². The van der Waals surface area contributed by atoms with Crippen molar-refractivity contribution in [2.75, 3.05) is 118 Å². The fourth-order valence-corrected chi connectivity index (χ4v) is 25.0. The van der Waals surface area contributed by atoms with E-state index in [0.717, 1.165) is 178 Å². The quantitative estimate of drug-likeness (QED) is 0.0229. The third-order valence-corrected chi connectivity index (χ3v) is 33.2. The Labute approximate surface area is 830 Å². The predicted molar refractivity (Wildman–Crippen MR) is 539 cm³/mol. The van der Waals surface area contributed by atoms with Gasteiger partial charge in [-0.15, -0.1) is 23.5 Å². The van der Waals surface area contributed by atoms with E-state index in [1.165, 1.54) is 52.7 Å². The Hall–Kier alpha value is -8.76. The van der Waals surface area contributed by atoms with Crippen LogP contribution in [0.25, 0.3) is 32.7 Å². The summed E-state index contributed by atoms with van der Waals surface area (Å²) >= 11 is 41.3. The van der Waals surface area contributed by atoms with E-state index in [9.17, 15) is 37.2 Å². The minimum Gasteiger partial charge on any atom is -0.379 e. The molecule has 12 aromatic rings. The minimum atomic E-state index is -4.51. The lowest BCUT2D eigenvalue weighted by Gasteiger charge is -2.36. The molecule has 6 N–H and O–H groups in total. The zero-order valence-electron chi connectivity index (χ0n) is 74.2. The van der Waals surface area contributed by atoms with Crippen LogP contribution in [-0.4, -0.2) is 221 Å². The summed E-state index contributed by atoms with van der Waals surface area (Å²) in [6, 6.07) is 59.4. The second kappa shape index (κ2) is 44.4. The van der Waals surface area contributed by atoms with Crippen molar-refractivity contribution in [1.29, 1.82) is 0 Å². The van der Waals surface area contributed by atoms with Crippen molar-refractivity contribution in [2.45, 2.75) is 119 Å². The number of halogens is 7. The molecule has 9 heterocycles. The maximum Gasteiger partial charge on any atom is 0.244 e. The van der Waals surface area contributed by atoms with E-state index >= 15 is 0 Å². The van der Waals surface area contributed by atoms with Crippen molar-refractivity contribution >= 4 is 191 Å². The Balaban J connectivity index is 0.000000146. The molecule has 6 aliphatic heterocycles. The molecule has 23 nitrogen and oxygen atoms in total. The number of thioether (sulfide) groups is 2. The predicted octanol–water partition coefficient (Wildman–Crippen LogP) is 19.1. The summed E-state index contributed by atoms with van der Waals surface area (Å²) in [5.74, 6) is -1.54. The van der Waals surface area contributed by atoms with E-state index in [1.54, 1.807) is 48.7 Å². The lowest BCUT2D eigenvalue weighted by Crippen LogP contribution is -2.56. The monoisotopic (exact) mass is 2090 g/mol. The molecule has 0 saturated carbocycles. The largest absolute Gasteiger partial charge is 0.379 e. The second-order valence-corrected chi connectivity index (χ2v) is 43.7. The maximum atomic E-state index is 14.9. The number of rotatable bonds is 30. The zero-order valence-corrected chi connectivity index (χ0v) is 83.6. The number of nitrogens with zero attached hydrogens (tertiary/aromatic N) is 6. The van der Waals surface area contributed by atoms with Crippen LogP contribution < -0.4 is 16.0 Å². The van der Waals surface area contributed by atoms with Crippen molar-refractivity contribution in [1.82, 2.24) is 60.3 Å². The first-order valence-electron chi connectivity index (χ1n) is 44.9. The number of hydrogen-bond donors (Lipinski definition) is 6. The van der Waals surface area contributed by atoms with Gasteiger partial charge in [-0.25, -0.2) is 8.42 Å². The van der Waals surface area contributed by atoms with Gasteiger partial charge in [-0.05, 0) is 191 Å². The molecular weight excluding hydrogens is 1990 g/mol. The summed E-state index contributed by atoms with van der Waals surface area (Å²) in [6.07, 6.45) is 7.41. The number of ether oxygens (including phenoxy) is 3. The van der Waals surface area contributed by atoms with Gasteiger partial charge in [0.1, 0.15) is 9.49 Å². The Morgan fingerprint density at radius 2 is 0.709 bits per heavy atom. The third kappa shape index (κ3) is 22.5. The fourth-order valence-electron chi connectivity index (χ4n) is 18.8. The summed E-state index contributed by atoms with van der Waals surface area (Å²) in [5.41, 5.74) is 9.70. The third-order valence-electron chi connectivity index (χ3n) is 25.7. The van der Waals surface area contributed by atoms with Crippen molar-refractivity contribution in [2.24, 2.45) is 0 Å². The highest BCUT2D eigenvalue weighted by Gasteiger charge is 2.66. The number of amides is 6. The number of benzene rings is 9. The molecule has 6 amide bonds. The Bertz CT molecular complexity index is 6050. The van der Waals surface area contributed by atoms with Crippen molar-refractivity contribution in [3.05, 3.63) is 297 Å². The number of aromatic nitrogens is 3. The van der Waals surface area contributed by atoms with Crippen LogP contribution in [0.1, 0.15) is 101 Å². The average Bonchev–Trinajstić information content (AvgIpc) is 1.55. The van der Waals surface area contributed by atoms with Crippen molar-refractivity contribution in [3.8, 4) is 0 Å². The number of fused-ring (bicyclic) bond motifs is 3. The number of carbonyl (C=O) groups excluding carboxylic acids is 6. The number of aryl methyl sites for hydroxylation is 2. The van der Waals surface area contributed by atoms with Gasteiger partial charge in [-0.2, -0.15) is 0 Å². The van der Waals surface area contributed by atoms with Gasteiger partial charge in [0.05, 0.1) is 81.9 Å². The van der Waals surface area contributed by atoms with Gasteiger partial charge in [0.25, 0.3) is 0 Å². The topological polar surface area (TPSA) is 267 Å². The van der Waals surface area contributed by atoms with Crippen LogP contribution in [0.3, 0.4) is 0 Å². The van der Waals surface area contributed by atoms with Crippen molar-refractivity contribution in [3.63, 3.8) is 0 Å². The van der Waals surface area contributed by atoms with Gasteiger partial charge >= 0.3 is 0 Å². The molecular formula is C101H105Br2Cl5N12O11S3. The van der Waals surface area contributed by atoms with Gasteiger partial charge in [0.2, 0.25) is 35.4 Å². The number of likely N-dealkylation sites (tertiary alicyclic amines) is 3. The van der Waals surface area contributed by atoms with Crippen LogP contribution in [0.4, 0.5) is 0 Å². The molecule has 0 aliphatic carbocycles. The number of H-pyrrole nitrogens is 3. The van der Waals surface area contributed by atoms with Gasteiger partial charge in [0, 0.05) is 190 Å². The summed E-state index contributed by atoms with van der Waals surface area (Å²) in [4.78, 5) is 110. The van der Waals surface area contributed by atoms with Crippen LogP contribution in [0.15, 0.2) is 242 Å². The summed E-state index contributed by atoms with van der Waals surface area (Å²) in [6.45, 7) is 18.2. The van der Waals surface area contributed by atoms with Crippen LogP contribution >= 0.6 is 113 Å². The van der Waals surface area contributed by atoms with E-state index in [0.29, 0.717) is 87.4 Å². The summed E-state index contributed by atoms with van der Waals surface area (Å²) < 4.78 is 43.8. The number of carbonyl (C=O) groups is 6. The van der Waals surface area contributed by atoms with Crippen LogP contribution in [0.2, 0.25) is 25.1 Å². The van der Waals surface area contributed by atoms with E-state index in [2.05, 4.69) is 102 Å². The molecule has 0 radical (unpaired) electrons. The lowest BCUT2D eigenvalue weighted by atomic mass is 9.91. The highest BCUT2D eigenvalue weighted by Crippen LogP contribution is 2.58. The zero-order chi connectivity index (χ0) is 93.8. The Morgan fingerprint density at radius 3 is 1.07 bits per heavy atom. The maximum absolute atomic E-state index is 14.9. The average molecular weight is 2100 g/mol. The standard InChI is InChI=1S/2C34H36BrClN4O3S.C33H33Cl3N4O5S/c2*1-23-3-10-27(11-4-23)44-34(33(42)37-13-2-14-39-15-17-43-18-16-39)20-31(41)40(22-24-5-7-25(35)8-6-24)32(34)29-21-38-30-19-26(36)9-12-28(29)30;34-23-4-2-22(3-5-23)21-40-30(41)19-33(46(43,44)26-9-6-24(35)7-10-26,32(42)37-12-1-13-39-14-16-45-17-15-39)31(40)28-20-38-29-18-25(36)8-11-27(28)29/h2*3-12,19,21,32,38H,2,13-18,20,22H2,1H3,(H,37,42);2-11,18,20,31,38H,1,12-17,19,21H2,(H,37,42)/t32-,34+;32-,34-;/m00./s1. The number of aromatic amines is 3. The highest BCUT2D eigenvalue weighted by atomic mass is 79.9. The minimum absolute atomic E-state index is 0.0516. The Morgan fingerprint density at radius 1 is 0.403 bits per heavy atom. The fraction of sp³-hybridized carbons (Fsp3) is 0.347. The second-order valence-electron chi connectivity index (χ2n) is 34.6. The molecule has 702 valence electrons. The van der Waals surface area contributed by atoms with Crippen molar-refractivity contribution < 1.29 is 51.4 Å². The van der Waals surface area contributed by atoms with Crippen LogP contribution in [-0.2, 0) is 72.4 Å². The molecule has 6 aliphatic rings. The SMILES string of the molecule is Cc1ccc(S[C@@]2(C(=O)NCCCN3CCOCC3)CC(=O)N(Cc3ccc(Br)cc3)[C@H]2c2c[nH]c3cc(Cl)ccc23)cc1.Cc1ccc(S[C@]2(C(=O)NCCCN3CCOCC3)CC(=O)N(Cc3ccc(Br)cc3)[C@H]2c2c[nH]c3cc(Cl)ccc23)cc1.O=C1CC(C(=O)NCCCN2CCOCC2)(S(=O)(=O)c2ccc(Cl)cc2)C(c2c[nH]c3cc(Cl)ccc23)N1Cc1ccc(Cl)cc1. The molecule has 134 heavy (non-hydrogen) atoms. The van der Waals surface area contributed by atoms with Gasteiger partial charge in [0.15, 0.2) is 14.6 Å². The Kier molecular flexibility index (Phi) is 32.5. The molecule has 18 rings (SSSR count). The van der Waals surface area contributed by atoms with E-state index < -0.39 is 60.4 Å². The van der Waals surface area contributed by atoms with Gasteiger partial charge < -0.3 is 59.8 Å². The number of hydrogen-bond acceptors (Lipinski definition) is 16. The normalized spacial score (nSPS) is 20.8. The molecule has 0 bridgehead atoms. The first kappa shape index (κ1) is 98.3.